The molecule has 744 valence electrons. The molecule has 0 fully saturated rings. The molecule has 0 radical (unpaired) electrons. The van der Waals surface area contributed by atoms with E-state index < -0.39 is 35.8 Å². The summed E-state index contributed by atoms with van der Waals surface area (Å²) in [6, 6.07) is 0. The van der Waals surface area contributed by atoms with Crippen LogP contribution >= 0.6 is 0 Å². The van der Waals surface area contributed by atoms with Crippen LogP contribution in [0.15, 0.2) is 0 Å². The molecular formula is C108H210Ca3O16. The summed E-state index contributed by atoms with van der Waals surface area (Å²) in [4.78, 5) is 61.4. The molecule has 0 saturated heterocycles. The van der Waals surface area contributed by atoms with Crippen LogP contribution in [0.25, 0.3) is 0 Å². The Morgan fingerprint density at radius 1 is 0.142 bits per heavy atom. The zero-order chi connectivity index (χ0) is 92.8. The number of carbonyl (C=O) groups is 6. The number of rotatable bonds is 96. The monoisotopic (exact) mass is 1880 g/mol. The van der Waals surface area contributed by atoms with Crippen LogP contribution < -0.4 is 30.6 Å². The summed E-state index contributed by atoms with van der Waals surface area (Å²) >= 11 is 0. The summed E-state index contributed by atoms with van der Waals surface area (Å²) in [5.41, 5.74) is 0. The molecule has 19 heteroatoms. The molecule has 0 heterocycles. The van der Waals surface area contributed by atoms with Gasteiger partial charge in [0.2, 0.25) is 0 Å². The van der Waals surface area contributed by atoms with Gasteiger partial charge >= 0.3 is 113 Å². The minimum absolute atomic E-state index is 0. The molecule has 16 nitrogen and oxygen atoms in total. The Balaban J connectivity index is -0.000000187. The van der Waals surface area contributed by atoms with E-state index in [1.54, 1.807) is 0 Å². The van der Waals surface area contributed by atoms with E-state index in [1.165, 1.54) is 372 Å². The fourth-order valence-electron chi connectivity index (χ4n) is 15.9. The van der Waals surface area contributed by atoms with E-state index in [-0.39, 0.29) is 176 Å². The molecule has 4 atom stereocenters. The standard InChI is InChI=1S/4C18H36O3.2C18H36O2.3Ca/c4*1-2-3-4-11-14-17(19)15-12-9-7-5-6-8-10-13-16-18(20)21;2*1-2-3-4-5-6-7-8-9-10-11-12-13-14-15-16-17-18(19)20;;;/h4*17,19H,2-16H2,1H3,(H,20,21);2*2-17H2,1H3,(H,19,20);;;/q;;;;;;3*+2/p-6. The van der Waals surface area contributed by atoms with E-state index in [2.05, 4.69) is 41.5 Å². The van der Waals surface area contributed by atoms with Gasteiger partial charge in [-0.15, -0.1) is 0 Å². The third-order valence-electron chi connectivity index (χ3n) is 24.2. The normalized spacial score (nSPS) is 11.7. The molecule has 0 bridgehead atoms. The number of carbonyl (C=O) groups excluding carboxylic acids is 6. The van der Waals surface area contributed by atoms with Crippen molar-refractivity contribution in [3.8, 4) is 0 Å². The van der Waals surface area contributed by atoms with Gasteiger partial charge in [0.15, 0.2) is 0 Å². The smallest absolute Gasteiger partial charge is 0.550 e. The third kappa shape index (κ3) is 161. The molecule has 4 N–H and O–H groups in total. The number of aliphatic hydroxyl groups is 4. The summed E-state index contributed by atoms with van der Waals surface area (Å²) in [6.45, 7) is 13.4. The van der Waals surface area contributed by atoms with Crippen LogP contribution in [-0.2, 0) is 28.8 Å². The molecule has 0 aliphatic carbocycles. The van der Waals surface area contributed by atoms with Crippen molar-refractivity contribution in [2.75, 3.05) is 0 Å². The first-order valence-corrected chi connectivity index (χ1v) is 54.1. The van der Waals surface area contributed by atoms with Crippen molar-refractivity contribution in [2.45, 2.75) is 657 Å². The van der Waals surface area contributed by atoms with Crippen molar-refractivity contribution in [3.05, 3.63) is 0 Å². The summed E-state index contributed by atoms with van der Waals surface area (Å²) in [5.74, 6) is -5.52. The van der Waals surface area contributed by atoms with Crippen molar-refractivity contribution in [3.63, 3.8) is 0 Å². The van der Waals surface area contributed by atoms with E-state index in [1.807, 2.05) is 0 Å². The molecule has 0 aromatic rings. The Morgan fingerprint density at radius 3 is 0.299 bits per heavy atom. The first kappa shape index (κ1) is 145. The van der Waals surface area contributed by atoms with Crippen LogP contribution in [0.2, 0.25) is 0 Å². The first-order valence-electron chi connectivity index (χ1n) is 54.1. The second-order valence-electron chi connectivity index (χ2n) is 37.1. The maximum Gasteiger partial charge on any atom is 2.00 e. The maximum absolute atomic E-state index is 10.2. The number of hydrogen-bond acceptors (Lipinski definition) is 16. The minimum atomic E-state index is -0.928. The van der Waals surface area contributed by atoms with Crippen LogP contribution in [0.5, 0.6) is 0 Å². The van der Waals surface area contributed by atoms with Gasteiger partial charge in [-0.1, -0.05) is 504 Å². The summed E-state index contributed by atoms with van der Waals surface area (Å²) < 4.78 is 0. The number of unbranched alkanes of at least 4 members (excludes halogenated alkanes) is 68. The largest absolute Gasteiger partial charge is 2.00 e. The maximum atomic E-state index is 10.2. The van der Waals surface area contributed by atoms with E-state index in [0.717, 1.165) is 180 Å². The Hall–Kier alpha value is 0.439. The SMILES string of the molecule is CCCCCCC(O)CCCCCCCCCCC(=O)[O-].CCCCCCC(O)CCCCCCCCCCC(=O)[O-].CCCCCCC(O)CCCCCCCCCCC(=O)[O-].CCCCCCC(O)CCCCCCCCCCC(=O)[O-].CCCCCCCCCCCCCCCCCC(=O)[O-].CCCCCCCCCCCCCCCCCC(=O)[O-].[Ca+2].[Ca+2].[Ca+2]. The van der Waals surface area contributed by atoms with Crippen molar-refractivity contribution >= 4 is 149 Å². The Morgan fingerprint density at radius 2 is 0.213 bits per heavy atom. The van der Waals surface area contributed by atoms with Gasteiger partial charge in [-0.05, 0) is 128 Å². The number of aliphatic hydroxyl groups excluding tert-OH is 4. The Bertz CT molecular complexity index is 1830. The second-order valence-corrected chi connectivity index (χ2v) is 37.1. The topological polar surface area (TPSA) is 322 Å². The molecule has 0 aliphatic heterocycles. The summed E-state index contributed by atoms with van der Waals surface area (Å²) in [7, 11) is 0. The fraction of sp³-hybridized carbons (Fsp3) is 0.944. The van der Waals surface area contributed by atoms with Crippen molar-refractivity contribution in [2.24, 2.45) is 0 Å². The quantitative estimate of drug-likeness (QED) is 0.0325. The molecule has 127 heavy (non-hydrogen) atoms. The van der Waals surface area contributed by atoms with Crippen LogP contribution in [0.3, 0.4) is 0 Å². The van der Waals surface area contributed by atoms with E-state index in [9.17, 15) is 79.8 Å². The average molecular weight is 1890 g/mol. The zero-order valence-corrected chi connectivity index (χ0v) is 91.8. The number of hydrogen-bond donors (Lipinski definition) is 4. The van der Waals surface area contributed by atoms with Gasteiger partial charge in [-0.3, -0.25) is 0 Å². The van der Waals surface area contributed by atoms with E-state index >= 15 is 0 Å². The van der Waals surface area contributed by atoms with Crippen molar-refractivity contribution < 1.29 is 79.8 Å². The van der Waals surface area contributed by atoms with E-state index in [0.29, 0.717) is 0 Å². The predicted octanol–water partition coefficient (Wildman–Crippen LogP) is 24.7. The molecular weight excluding hydrogens is 1670 g/mol. The second kappa shape index (κ2) is 133. The third-order valence-corrected chi connectivity index (χ3v) is 24.2. The van der Waals surface area contributed by atoms with Crippen LogP contribution in [-0.4, -0.2) is 194 Å². The Labute approximate surface area is 876 Å². The predicted molar refractivity (Wildman–Crippen MR) is 530 cm³/mol. The van der Waals surface area contributed by atoms with Gasteiger partial charge in [0, 0.05) is 35.8 Å². The molecule has 0 rings (SSSR count). The van der Waals surface area contributed by atoms with Gasteiger partial charge in [-0.2, -0.15) is 0 Å². The number of carboxylic acid groups (broad SMARTS) is 6. The summed E-state index contributed by atoms with van der Waals surface area (Å²) in [5, 5.41) is 101. The molecule has 0 spiro atoms. The zero-order valence-electron chi connectivity index (χ0n) is 85.2. The summed E-state index contributed by atoms with van der Waals surface area (Å²) in [6.07, 6.45) is 103. The number of carboxylic acids is 6. The minimum Gasteiger partial charge on any atom is -0.550 e. The van der Waals surface area contributed by atoms with Gasteiger partial charge in [-0.25, -0.2) is 0 Å². The number of aliphatic carboxylic acids is 6. The van der Waals surface area contributed by atoms with Crippen molar-refractivity contribution in [1.82, 2.24) is 0 Å². The average Bonchev–Trinajstić information content (AvgIpc) is 1.04. The molecule has 0 aromatic heterocycles. The molecule has 4 unspecified atom stereocenters. The van der Waals surface area contributed by atoms with Gasteiger partial charge in [0.1, 0.15) is 0 Å². The molecule has 0 aromatic carbocycles. The van der Waals surface area contributed by atoms with Gasteiger partial charge < -0.3 is 79.8 Å². The molecule has 0 amide bonds. The molecule has 0 aliphatic rings. The van der Waals surface area contributed by atoms with Crippen LogP contribution in [0, 0.1) is 0 Å². The van der Waals surface area contributed by atoms with Crippen molar-refractivity contribution in [1.29, 1.82) is 0 Å². The van der Waals surface area contributed by atoms with Gasteiger partial charge in [0.05, 0.1) is 24.4 Å². The Kier molecular flexibility index (Phi) is 152. The molecule has 0 saturated carbocycles. The first-order chi connectivity index (χ1) is 60.2. The van der Waals surface area contributed by atoms with Crippen LogP contribution in [0.1, 0.15) is 632 Å². The van der Waals surface area contributed by atoms with E-state index in [4.69, 9.17) is 0 Å². The van der Waals surface area contributed by atoms with Crippen LogP contribution in [0.4, 0.5) is 0 Å². The fourth-order valence-corrected chi connectivity index (χ4v) is 15.9. The van der Waals surface area contributed by atoms with Gasteiger partial charge in [0.25, 0.3) is 0 Å².